The highest BCUT2D eigenvalue weighted by Crippen LogP contribution is 2.30. The molecule has 0 amide bonds. The summed E-state index contributed by atoms with van der Waals surface area (Å²) < 4.78 is 10.6. The monoisotopic (exact) mass is 298 g/mol. The van der Waals surface area contributed by atoms with Crippen molar-refractivity contribution in [3.05, 3.63) is 13.8 Å². The van der Waals surface area contributed by atoms with Crippen LogP contribution in [-0.2, 0) is 4.74 Å². The Hall–Kier alpha value is -0.300. The van der Waals surface area contributed by atoms with Gasteiger partial charge in [-0.25, -0.2) is 4.79 Å². The van der Waals surface area contributed by atoms with Gasteiger partial charge in [-0.2, -0.15) is 0 Å². The average molecular weight is 298 g/mol. The van der Waals surface area contributed by atoms with Gasteiger partial charge in [0.15, 0.2) is 4.88 Å². The fourth-order valence-corrected chi connectivity index (χ4v) is 2.45. The second-order valence-electron chi connectivity index (χ2n) is 1.94. The summed E-state index contributed by atoms with van der Waals surface area (Å²) in [7, 11) is 2.89. The molecule has 66 valence electrons. The van der Waals surface area contributed by atoms with Gasteiger partial charge in [0.2, 0.25) is 0 Å². The molecular formula is C7H7IO3S. The predicted molar refractivity (Wildman–Crippen MR) is 54.9 cm³/mol. The molecule has 0 spiro atoms. The molecule has 1 heterocycles. The molecule has 0 aliphatic carbocycles. The number of methoxy groups -OCH3 is 2. The molecule has 0 saturated carbocycles. The fraction of sp³-hybridized carbons (Fsp3) is 0.286. The molecular weight excluding hydrogens is 291 g/mol. The zero-order chi connectivity index (χ0) is 9.14. The Morgan fingerprint density at radius 1 is 1.58 bits per heavy atom. The minimum atomic E-state index is -0.347. The Morgan fingerprint density at radius 3 is 2.75 bits per heavy atom. The molecule has 0 aromatic carbocycles. The van der Waals surface area contributed by atoms with Crippen LogP contribution in [0.1, 0.15) is 9.67 Å². The van der Waals surface area contributed by atoms with E-state index in [1.54, 1.807) is 6.07 Å². The van der Waals surface area contributed by atoms with Crippen LogP contribution in [0.15, 0.2) is 6.07 Å². The molecule has 0 aliphatic heterocycles. The van der Waals surface area contributed by atoms with Gasteiger partial charge in [-0.15, -0.1) is 11.3 Å². The van der Waals surface area contributed by atoms with Crippen LogP contribution in [-0.4, -0.2) is 20.2 Å². The third-order valence-corrected chi connectivity index (χ3v) is 3.12. The highest BCUT2D eigenvalue weighted by molar-refractivity contribution is 14.1. The van der Waals surface area contributed by atoms with Crippen molar-refractivity contribution >= 4 is 39.9 Å². The molecule has 3 nitrogen and oxygen atoms in total. The number of ether oxygens (including phenoxy) is 2. The molecule has 0 fully saturated rings. The standard InChI is InChI=1S/C7H7IO3S/c1-10-4-3-5(8)12-6(4)7(9)11-2/h3H,1-2H3. The second-order valence-corrected chi connectivity index (χ2v) is 4.89. The second kappa shape index (κ2) is 4.08. The number of hydrogen-bond donors (Lipinski definition) is 0. The summed E-state index contributed by atoms with van der Waals surface area (Å²) >= 11 is 3.49. The highest BCUT2D eigenvalue weighted by Gasteiger charge is 2.16. The molecule has 0 saturated heterocycles. The first kappa shape index (κ1) is 9.79. The van der Waals surface area contributed by atoms with Crippen LogP contribution in [0.3, 0.4) is 0 Å². The maximum Gasteiger partial charge on any atom is 0.351 e. The Kier molecular flexibility index (Phi) is 3.33. The van der Waals surface area contributed by atoms with E-state index in [2.05, 4.69) is 27.3 Å². The van der Waals surface area contributed by atoms with E-state index >= 15 is 0 Å². The zero-order valence-electron chi connectivity index (χ0n) is 6.59. The van der Waals surface area contributed by atoms with E-state index in [1.165, 1.54) is 25.6 Å². The van der Waals surface area contributed by atoms with Crippen molar-refractivity contribution in [1.82, 2.24) is 0 Å². The maximum absolute atomic E-state index is 11.1. The molecule has 5 heteroatoms. The molecule has 0 atom stereocenters. The van der Waals surface area contributed by atoms with Gasteiger partial charge in [-0.3, -0.25) is 0 Å². The maximum atomic E-state index is 11.1. The first-order chi connectivity index (χ1) is 5.69. The minimum Gasteiger partial charge on any atom is -0.495 e. The normalized spacial score (nSPS) is 9.58. The van der Waals surface area contributed by atoms with Crippen LogP contribution in [0.5, 0.6) is 5.75 Å². The van der Waals surface area contributed by atoms with Gasteiger partial charge in [-0.1, -0.05) is 0 Å². The first-order valence-corrected chi connectivity index (χ1v) is 5.00. The lowest BCUT2D eigenvalue weighted by molar-refractivity contribution is 0.0603. The van der Waals surface area contributed by atoms with Crippen LogP contribution in [0.2, 0.25) is 0 Å². The van der Waals surface area contributed by atoms with E-state index in [0.717, 1.165) is 2.88 Å². The number of carbonyl (C=O) groups is 1. The van der Waals surface area contributed by atoms with Crippen molar-refractivity contribution < 1.29 is 14.3 Å². The largest absolute Gasteiger partial charge is 0.495 e. The number of esters is 1. The average Bonchev–Trinajstić information content (AvgIpc) is 2.45. The Bertz CT molecular complexity index is 295. The fourth-order valence-electron chi connectivity index (χ4n) is 0.732. The van der Waals surface area contributed by atoms with Crippen LogP contribution >= 0.6 is 33.9 Å². The first-order valence-electron chi connectivity index (χ1n) is 3.10. The molecule has 12 heavy (non-hydrogen) atoms. The molecule has 0 bridgehead atoms. The lowest BCUT2D eigenvalue weighted by Crippen LogP contribution is -1.99. The minimum absolute atomic E-state index is 0.347. The van der Waals surface area contributed by atoms with Crippen LogP contribution in [0.4, 0.5) is 0 Å². The lowest BCUT2D eigenvalue weighted by atomic mass is 10.4. The van der Waals surface area contributed by atoms with Crippen molar-refractivity contribution in [2.75, 3.05) is 14.2 Å². The molecule has 1 rings (SSSR count). The molecule has 0 radical (unpaired) electrons. The molecule has 1 aromatic rings. The molecule has 0 unspecified atom stereocenters. The summed E-state index contributed by atoms with van der Waals surface area (Å²) in [5, 5.41) is 0. The summed E-state index contributed by atoms with van der Waals surface area (Å²) in [6.07, 6.45) is 0. The van der Waals surface area contributed by atoms with Gasteiger partial charge >= 0.3 is 5.97 Å². The topological polar surface area (TPSA) is 35.5 Å². The summed E-state index contributed by atoms with van der Waals surface area (Å²) in [5.41, 5.74) is 0. The molecule has 0 N–H and O–H groups in total. The van der Waals surface area contributed by atoms with E-state index in [4.69, 9.17) is 4.74 Å². The van der Waals surface area contributed by atoms with Crippen molar-refractivity contribution in [2.24, 2.45) is 0 Å². The third kappa shape index (κ3) is 1.89. The summed E-state index contributed by atoms with van der Waals surface area (Å²) in [6.45, 7) is 0. The lowest BCUT2D eigenvalue weighted by Gasteiger charge is -1.98. The molecule has 1 aromatic heterocycles. The van der Waals surface area contributed by atoms with Gasteiger partial charge in [0.1, 0.15) is 5.75 Å². The Balaban J connectivity index is 3.04. The number of thiophene rings is 1. The highest BCUT2D eigenvalue weighted by atomic mass is 127. The van der Waals surface area contributed by atoms with Crippen molar-refractivity contribution in [3.8, 4) is 5.75 Å². The van der Waals surface area contributed by atoms with Crippen molar-refractivity contribution in [2.45, 2.75) is 0 Å². The summed E-state index contributed by atoms with van der Waals surface area (Å²) in [6, 6.07) is 1.80. The summed E-state index contributed by atoms with van der Waals surface area (Å²) in [4.78, 5) is 11.6. The van der Waals surface area contributed by atoms with E-state index in [1.807, 2.05) is 0 Å². The van der Waals surface area contributed by atoms with Gasteiger partial charge in [-0.05, 0) is 22.6 Å². The Morgan fingerprint density at radius 2 is 2.25 bits per heavy atom. The predicted octanol–water partition coefficient (Wildman–Crippen LogP) is 2.15. The van der Waals surface area contributed by atoms with Crippen molar-refractivity contribution in [1.29, 1.82) is 0 Å². The van der Waals surface area contributed by atoms with E-state index in [-0.39, 0.29) is 5.97 Å². The van der Waals surface area contributed by atoms with Gasteiger partial charge in [0, 0.05) is 6.07 Å². The number of carbonyl (C=O) groups excluding carboxylic acids is 1. The van der Waals surface area contributed by atoms with Crippen LogP contribution in [0.25, 0.3) is 0 Å². The van der Waals surface area contributed by atoms with E-state index in [0.29, 0.717) is 10.6 Å². The van der Waals surface area contributed by atoms with Crippen LogP contribution < -0.4 is 4.74 Å². The Labute approximate surface area is 87.8 Å². The smallest absolute Gasteiger partial charge is 0.351 e. The third-order valence-electron chi connectivity index (χ3n) is 1.26. The zero-order valence-corrected chi connectivity index (χ0v) is 9.56. The van der Waals surface area contributed by atoms with Gasteiger partial charge < -0.3 is 9.47 Å². The number of rotatable bonds is 2. The van der Waals surface area contributed by atoms with E-state index < -0.39 is 0 Å². The van der Waals surface area contributed by atoms with E-state index in [9.17, 15) is 4.79 Å². The number of halogens is 1. The summed E-state index contributed by atoms with van der Waals surface area (Å²) in [5.74, 6) is 0.232. The SMILES string of the molecule is COC(=O)c1sc(I)cc1OC. The van der Waals surface area contributed by atoms with Crippen LogP contribution in [0, 0.1) is 2.88 Å². The van der Waals surface area contributed by atoms with Gasteiger partial charge in [0.25, 0.3) is 0 Å². The molecule has 0 aliphatic rings. The quantitative estimate of drug-likeness (QED) is 0.620. The number of hydrogen-bond acceptors (Lipinski definition) is 4. The van der Waals surface area contributed by atoms with Gasteiger partial charge in [0.05, 0.1) is 17.1 Å². The van der Waals surface area contributed by atoms with Crippen molar-refractivity contribution in [3.63, 3.8) is 0 Å².